The van der Waals surface area contributed by atoms with E-state index < -0.39 is 5.92 Å². The van der Waals surface area contributed by atoms with Crippen LogP contribution >= 0.6 is 11.6 Å². The van der Waals surface area contributed by atoms with E-state index in [1.165, 1.54) is 0 Å². The summed E-state index contributed by atoms with van der Waals surface area (Å²) in [5.74, 6) is -0.648. The largest absolute Gasteiger partial charge is 0.312 e. The normalized spacial score (nSPS) is 19.9. The molecule has 4 heteroatoms. The number of carbonyl (C=O) groups is 2. The number of amides is 1. The molecule has 0 aromatic heterocycles. The quantitative estimate of drug-likeness (QED) is 0.796. The number of anilines is 1. The molecule has 1 saturated heterocycles. The first-order chi connectivity index (χ1) is 9.00. The first-order valence-corrected chi connectivity index (χ1v) is 6.99. The lowest BCUT2D eigenvalue weighted by Crippen LogP contribution is -2.45. The van der Waals surface area contributed by atoms with Crippen molar-refractivity contribution in [1.82, 2.24) is 0 Å². The van der Waals surface area contributed by atoms with E-state index >= 15 is 0 Å². The summed E-state index contributed by atoms with van der Waals surface area (Å²) in [4.78, 5) is 26.2. The van der Waals surface area contributed by atoms with Gasteiger partial charge in [0.15, 0.2) is 0 Å². The molecule has 19 heavy (non-hydrogen) atoms. The van der Waals surface area contributed by atoms with Gasteiger partial charge in [0, 0.05) is 23.2 Å². The van der Waals surface area contributed by atoms with Crippen molar-refractivity contribution in [3.63, 3.8) is 0 Å². The summed E-state index contributed by atoms with van der Waals surface area (Å²) in [5, 5.41) is 0.600. The number of benzene rings is 1. The molecule has 0 N–H and O–H groups in total. The minimum absolute atomic E-state index is 0.0386. The molecule has 1 aromatic carbocycles. The van der Waals surface area contributed by atoms with E-state index in [-0.39, 0.29) is 17.6 Å². The molecule has 0 saturated carbocycles. The number of halogens is 1. The van der Waals surface area contributed by atoms with Gasteiger partial charge in [0.25, 0.3) is 0 Å². The van der Waals surface area contributed by atoms with Crippen molar-refractivity contribution in [2.24, 2.45) is 11.8 Å². The van der Waals surface area contributed by atoms with E-state index in [0.717, 1.165) is 12.1 Å². The van der Waals surface area contributed by atoms with E-state index in [2.05, 4.69) is 0 Å². The Balaban J connectivity index is 2.23. The molecule has 1 fully saturated rings. The van der Waals surface area contributed by atoms with Crippen LogP contribution in [-0.2, 0) is 9.59 Å². The van der Waals surface area contributed by atoms with Gasteiger partial charge in [-0.15, -0.1) is 0 Å². The van der Waals surface area contributed by atoms with Gasteiger partial charge in [-0.1, -0.05) is 31.5 Å². The zero-order valence-corrected chi connectivity index (χ0v) is 12.0. The molecule has 2 rings (SSSR count). The monoisotopic (exact) mass is 279 g/mol. The van der Waals surface area contributed by atoms with E-state index in [1.807, 2.05) is 26.0 Å². The highest BCUT2D eigenvalue weighted by Crippen LogP contribution is 2.28. The lowest BCUT2D eigenvalue weighted by molar-refractivity contribution is -0.135. The summed E-state index contributed by atoms with van der Waals surface area (Å²) in [6, 6.07) is 7.21. The van der Waals surface area contributed by atoms with Gasteiger partial charge in [0.2, 0.25) is 5.91 Å². The summed E-state index contributed by atoms with van der Waals surface area (Å²) in [5.41, 5.74) is 0.777. The Morgan fingerprint density at radius 3 is 2.79 bits per heavy atom. The van der Waals surface area contributed by atoms with Gasteiger partial charge in [0.05, 0.1) is 5.92 Å². The van der Waals surface area contributed by atoms with Crippen LogP contribution in [0.5, 0.6) is 0 Å². The molecule has 1 heterocycles. The van der Waals surface area contributed by atoms with Gasteiger partial charge in [-0.2, -0.15) is 0 Å². The second-order valence-electron chi connectivity index (χ2n) is 5.22. The topological polar surface area (TPSA) is 37.4 Å². The van der Waals surface area contributed by atoms with Crippen LogP contribution in [-0.4, -0.2) is 18.2 Å². The molecule has 3 nitrogen and oxygen atoms in total. The third-order valence-corrected chi connectivity index (χ3v) is 3.71. The number of Topliss-reactive ketones (excluding diaryl/α,β-unsaturated/α-hetero) is 1. The van der Waals surface area contributed by atoms with Crippen LogP contribution in [0.3, 0.4) is 0 Å². The Kier molecular flexibility index (Phi) is 4.25. The van der Waals surface area contributed by atoms with Crippen LogP contribution < -0.4 is 4.90 Å². The lowest BCUT2D eigenvalue weighted by Gasteiger charge is -2.32. The van der Waals surface area contributed by atoms with Gasteiger partial charge in [-0.3, -0.25) is 9.59 Å². The van der Waals surface area contributed by atoms with Crippen molar-refractivity contribution in [1.29, 1.82) is 0 Å². The third kappa shape index (κ3) is 2.98. The first-order valence-electron chi connectivity index (χ1n) is 6.61. The fourth-order valence-electron chi connectivity index (χ4n) is 2.44. The maximum Gasteiger partial charge on any atom is 0.237 e. The molecule has 1 aliphatic rings. The molecule has 1 aliphatic heterocycles. The molecule has 0 unspecified atom stereocenters. The van der Waals surface area contributed by atoms with Crippen molar-refractivity contribution < 1.29 is 9.59 Å². The standard InChI is InChI=1S/C15H18ClNO2/c1-10(2)14(18)13-7-4-8-17(15(13)19)12-6-3-5-11(16)9-12/h3,5-6,9-10,13H,4,7-8H2,1-2H3/t13-/m0/s1. The van der Waals surface area contributed by atoms with Crippen LogP contribution in [0.25, 0.3) is 0 Å². The minimum Gasteiger partial charge on any atom is -0.312 e. The molecule has 1 amide bonds. The SMILES string of the molecule is CC(C)C(=O)[C@@H]1CCCN(c2cccc(Cl)c2)C1=O. The number of nitrogens with zero attached hydrogens (tertiary/aromatic N) is 1. The molecule has 102 valence electrons. The van der Waals surface area contributed by atoms with Gasteiger partial charge >= 0.3 is 0 Å². The Bertz CT molecular complexity index is 499. The van der Waals surface area contributed by atoms with E-state index in [4.69, 9.17) is 11.6 Å². The highest BCUT2D eigenvalue weighted by molar-refractivity contribution is 6.31. The number of ketones is 1. The Morgan fingerprint density at radius 1 is 1.42 bits per heavy atom. The zero-order valence-electron chi connectivity index (χ0n) is 11.2. The summed E-state index contributed by atoms with van der Waals surface area (Å²) in [6.45, 7) is 4.34. The van der Waals surface area contributed by atoms with E-state index in [1.54, 1.807) is 17.0 Å². The predicted molar refractivity (Wildman–Crippen MR) is 76.4 cm³/mol. The summed E-state index contributed by atoms with van der Waals surface area (Å²) < 4.78 is 0. The molecule has 0 bridgehead atoms. The predicted octanol–water partition coefficient (Wildman–Crippen LogP) is 3.31. The molecule has 0 spiro atoms. The smallest absolute Gasteiger partial charge is 0.237 e. The summed E-state index contributed by atoms with van der Waals surface area (Å²) in [7, 11) is 0. The summed E-state index contributed by atoms with van der Waals surface area (Å²) in [6.07, 6.45) is 1.51. The van der Waals surface area contributed by atoms with Crippen molar-refractivity contribution in [2.45, 2.75) is 26.7 Å². The number of hydrogen-bond donors (Lipinski definition) is 0. The zero-order chi connectivity index (χ0) is 14.0. The maximum atomic E-state index is 12.4. The molecular weight excluding hydrogens is 262 g/mol. The van der Waals surface area contributed by atoms with Gasteiger partial charge in [-0.05, 0) is 31.0 Å². The van der Waals surface area contributed by atoms with Crippen molar-refractivity contribution in [2.75, 3.05) is 11.4 Å². The van der Waals surface area contributed by atoms with Crippen molar-refractivity contribution in [3.8, 4) is 0 Å². The number of piperidine rings is 1. The molecule has 1 aromatic rings. The Labute approximate surface area is 118 Å². The Hall–Kier alpha value is -1.35. The molecule has 0 aliphatic carbocycles. The van der Waals surface area contributed by atoms with Gasteiger partial charge < -0.3 is 4.90 Å². The average Bonchev–Trinajstić information content (AvgIpc) is 2.38. The van der Waals surface area contributed by atoms with Crippen LogP contribution in [0.1, 0.15) is 26.7 Å². The second-order valence-corrected chi connectivity index (χ2v) is 5.66. The fraction of sp³-hybridized carbons (Fsp3) is 0.467. The second kappa shape index (κ2) is 5.74. The summed E-state index contributed by atoms with van der Waals surface area (Å²) >= 11 is 5.96. The Morgan fingerprint density at radius 2 is 2.16 bits per heavy atom. The number of rotatable bonds is 3. The average molecular weight is 280 g/mol. The van der Waals surface area contributed by atoms with Crippen LogP contribution in [0, 0.1) is 11.8 Å². The number of hydrogen-bond acceptors (Lipinski definition) is 2. The van der Waals surface area contributed by atoms with E-state index in [0.29, 0.717) is 18.0 Å². The lowest BCUT2D eigenvalue weighted by atomic mass is 9.87. The van der Waals surface area contributed by atoms with Crippen LogP contribution in [0.2, 0.25) is 5.02 Å². The fourth-order valence-corrected chi connectivity index (χ4v) is 2.63. The minimum atomic E-state index is -0.493. The van der Waals surface area contributed by atoms with Crippen LogP contribution in [0.15, 0.2) is 24.3 Å². The molecule has 1 atom stereocenters. The van der Waals surface area contributed by atoms with Crippen molar-refractivity contribution >= 4 is 29.0 Å². The molecule has 0 radical (unpaired) electrons. The van der Waals surface area contributed by atoms with Crippen LogP contribution in [0.4, 0.5) is 5.69 Å². The van der Waals surface area contributed by atoms with E-state index in [9.17, 15) is 9.59 Å². The number of carbonyl (C=O) groups excluding carboxylic acids is 2. The van der Waals surface area contributed by atoms with Crippen molar-refractivity contribution in [3.05, 3.63) is 29.3 Å². The third-order valence-electron chi connectivity index (χ3n) is 3.47. The van der Waals surface area contributed by atoms with Gasteiger partial charge in [-0.25, -0.2) is 0 Å². The molecular formula is C15H18ClNO2. The van der Waals surface area contributed by atoms with Gasteiger partial charge in [0.1, 0.15) is 5.78 Å². The highest BCUT2D eigenvalue weighted by Gasteiger charge is 2.35. The first kappa shape index (κ1) is 14.1. The maximum absolute atomic E-state index is 12.4. The highest BCUT2D eigenvalue weighted by atomic mass is 35.5.